The Labute approximate surface area is 163 Å². The lowest BCUT2D eigenvalue weighted by molar-refractivity contribution is -0.134. The number of carboxylic acid groups (broad SMARTS) is 1. The van der Waals surface area contributed by atoms with Gasteiger partial charge in [-0.1, -0.05) is 48.5 Å². The quantitative estimate of drug-likeness (QED) is 0.485. The summed E-state index contributed by atoms with van der Waals surface area (Å²) in [7, 11) is 1.57. The Morgan fingerprint density at radius 3 is 2.14 bits per heavy atom. The van der Waals surface area contributed by atoms with Gasteiger partial charge in [-0.05, 0) is 41.5 Å². The molecule has 0 heterocycles. The third-order valence-electron chi connectivity index (χ3n) is 4.43. The molecular weight excluding hydrogens is 356 g/mol. The van der Waals surface area contributed by atoms with E-state index in [9.17, 15) is 14.7 Å². The van der Waals surface area contributed by atoms with E-state index in [4.69, 9.17) is 9.47 Å². The maximum atomic E-state index is 12.6. The van der Waals surface area contributed by atoms with E-state index < -0.39 is 17.9 Å². The van der Waals surface area contributed by atoms with Crippen molar-refractivity contribution in [3.8, 4) is 11.5 Å². The first-order valence-corrected chi connectivity index (χ1v) is 8.80. The van der Waals surface area contributed by atoms with E-state index in [1.165, 1.54) is 6.07 Å². The number of ether oxygens (including phenoxy) is 2. The van der Waals surface area contributed by atoms with Crippen LogP contribution in [0, 0.1) is 0 Å². The Morgan fingerprint density at radius 2 is 1.50 bits per heavy atom. The monoisotopic (exact) mass is 376 g/mol. The van der Waals surface area contributed by atoms with Crippen LogP contribution in [0.2, 0.25) is 0 Å². The lowest BCUT2D eigenvalue weighted by Crippen LogP contribution is -2.16. The van der Waals surface area contributed by atoms with Crippen LogP contribution in [-0.2, 0) is 4.79 Å². The first-order chi connectivity index (χ1) is 13.6. The van der Waals surface area contributed by atoms with Crippen LogP contribution >= 0.6 is 0 Å². The van der Waals surface area contributed by atoms with Crippen molar-refractivity contribution >= 4 is 11.9 Å². The number of rotatable bonds is 7. The Kier molecular flexibility index (Phi) is 6.07. The minimum absolute atomic E-state index is 0.00547. The maximum absolute atomic E-state index is 12.6. The van der Waals surface area contributed by atoms with Crippen LogP contribution < -0.4 is 9.47 Å². The van der Waals surface area contributed by atoms with Crippen LogP contribution in [0.5, 0.6) is 11.5 Å². The standard InChI is InChI=1S/C23H20O5/c1-27-17-13-11-16(12-14-17)21(19-9-5-6-10-20(19)23(25)26)15-22(24)28-18-7-3-2-4-8-18/h2-14,21H,15H2,1H3,(H,25,26). The normalized spacial score (nSPS) is 11.5. The Morgan fingerprint density at radius 1 is 0.857 bits per heavy atom. The van der Waals surface area contributed by atoms with Gasteiger partial charge in [0.1, 0.15) is 11.5 Å². The molecule has 0 radical (unpaired) electrons. The lowest BCUT2D eigenvalue weighted by atomic mass is 9.85. The molecule has 3 rings (SSSR count). The van der Waals surface area contributed by atoms with Crippen LogP contribution in [0.15, 0.2) is 78.9 Å². The third-order valence-corrected chi connectivity index (χ3v) is 4.43. The highest BCUT2D eigenvalue weighted by Gasteiger charge is 2.24. The van der Waals surface area contributed by atoms with Crippen molar-refractivity contribution in [2.75, 3.05) is 7.11 Å². The van der Waals surface area contributed by atoms with E-state index in [2.05, 4.69) is 0 Å². The van der Waals surface area contributed by atoms with Crippen molar-refractivity contribution in [3.63, 3.8) is 0 Å². The molecule has 1 N–H and O–H groups in total. The zero-order chi connectivity index (χ0) is 19.9. The number of carbonyl (C=O) groups excluding carboxylic acids is 1. The van der Waals surface area contributed by atoms with Gasteiger partial charge in [0, 0.05) is 5.92 Å². The van der Waals surface area contributed by atoms with Crippen molar-refractivity contribution in [3.05, 3.63) is 95.6 Å². The van der Waals surface area contributed by atoms with Crippen molar-refractivity contribution in [1.29, 1.82) is 0 Å². The number of aromatic carboxylic acids is 1. The van der Waals surface area contributed by atoms with Gasteiger partial charge in [-0.3, -0.25) is 4.79 Å². The lowest BCUT2D eigenvalue weighted by Gasteiger charge is -2.19. The average molecular weight is 376 g/mol. The van der Waals surface area contributed by atoms with E-state index in [1.54, 1.807) is 61.7 Å². The number of methoxy groups -OCH3 is 1. The molecule has 0 aliphatic heterocycles. The van der Waals surface area contributed by atoms with E-state index in [1.807, 2.05) is 18.2 Å². The second kappa shape index (κ2) is 8.86. The number of benzene rings is 3. The molecule has 0 saturated carbocycles. The fourth-order valence-electron chi connectivity index (χ4n) is 3.07. The van der Waals surface area contributed by atoms with Crippen LogP contribution in [-0.4, -0.2) is 24.2 Å². The fourth-order valence-corrected chi connectivity index (χ4v) is 3.07. The average Bonchev–Trinajstić information content (AvgIpc) is 2.73. The highest BCUT2D eigenvalue weighted by atomic mass is 16.5. The molecule has 0 fully saturated rings. The van der Waals surface area contributed by atoms with Crippen molar-refractivity contribution in [1.82, 2.24) is 0 Å². The predicted octanol–water partition coefficient (Wildman–Crippen LogP) is 4.52. The molecule has 0 aliphatic carbocycles. The molecule has 142 valence electrons. The molecule has 0 amide bonds. The van der Waals surface area contributed by atoms with E-state index >= 15 is 0 Å². The molecule has 3 aromatic carbocycles. The van der Waals surface area contributed by atoms with Gasteiger partial charge >= 0.3 is 11.9 Å². The largest absolute Gasteiger partial charge is 0.497 e. The SMILES string of the molecule is COc1ccc(C(CC(=O)Oc2ccccc2)c2ccccc2C(=O)O)cc1. The first kappa shape index (κ1) is 19.2. The summed E-state index contributed by atoms with van der Waals surface area (Å²) in [6.07, 6.45) is 0.00547. The molecule has 1 unspecified atom stereocenters. The summed E-state index contributed by atoms with van der Waals surface area (Å²) in [5.74, 6) is -0.805. The zero-order valence-electron chi connectivity index (χ0n) is 15.4. The smallest absolute Gasteiger partial charge is 0.335 e. The van der Waals surface area contributed by atoms with Crippen LogP contribution in [0.25, 0.3) is 0 Å². The maximum Gasteiger partial charge on any atom is 0.335 e. The number of para-hydroxylation sites is 1. The Balaban J connectivity index is 1.94. The summed E-state index contributed by atoms with van der Waals surface area (Å²) in [5, 5.41) is 9.58. The van der Waals surface area contributed by atoms with Gasteiger partial charge < -0.3 is 14.6 Å². The van der Waals surface area contributed by atoms with Crippen molar-refractivity contribution in [2.24, 2.45) is 0 Å². The second-order valence-corrected chi connectivity index (χ2v) is 6.21. The highest BCUT2D eigenvalue weighted by molar-refractivity contribution is 5.90. The van der Waals surface area contributed by atoms with Gasteiger partial charge in [-0.25, -0.2) is 4.79 Å². The van der Waals surface area contributed by atoms with Gasteiger partial charge in [0.05, 0.1) is 19.1 Å². The summed E-state index contributed by atoms with van der Waals surface area (Å²) in [5.41, 5.74) is 1.53. The molecule has 0 spiro atoms. The first-order valence-electron chi connectivity index (χ1n) is 8.80. The third kappa shape index (κ3) is 4.57. The van der Waals surface area contributed by atoms with Crippen LogP contribution in [0.1, 0.15) is 33.8 Å². The van der Waals surface area contributed by atoms with E-state index in [-0.39, 0.29) is 12.0 Å². The molecule has 0 saturated heterocycles. The molecule has 0 bridgehead atoms. The highest BCUT2D eigenvalue weighted by Crippen LogP contribution is 2.32. The minimum Gasteiger partial charge on any atom is -0.497 e. The topological polar surface area (TPSA) is 72.8 Å². The van der Waals surface area contributed by atoms with Crippen molar-refractivity contribution in [2.45, 2.75) is 12.3 Å². The summed E-state index contributed by atoms with van der Waals surface area (Å²) in [4.78, 5) is 24.3. The molecule has 5 nitrogen and oxygen atoms in total. The van der Waals surface area contributed by atoms with Gasteiger partial charge in [-0.2, -0.15) is 0 Å². The number of carbonyl (C=O) groups is 2. The fraction of sp³-hybridized carbons (Fsp3) is 0.130. The van der Waals surface area contributed by atoms with E-state index in [0.717, 1.165) is 5.56 Å². The van der Waals surface area contributed by atoms with Gasteiger partial charge in [0.15, 0.2) is 0 Å². The second-order valence-electron chi connectivity index (χ2n) is 6.21. The predicted molar refractivity (Wildman–Crippen MR) is 105 cm³/mol. The number of carboxylic acids is 1. The van der Waals surface area contributed by atoms with E-state index in [0.29, 0.717) is 17.1 Å². The summed E-state index contributed by atoms with van der Waals surface area (Å²) >= 11 is 0. The van der Waals surface area contributed by atoms with Gasteiger partial charge in [-0.15, -0.1) is 0 Å². The summed E-state index contributed by atoms with van der Waals surface area (Å²) in [6.45, 7) is 0. The number of hydrogen-bond donors (Lipinski definition) is 1. The molecule has 3 aromatic rings. The van der Waals surface area contributed by atoms with Crippen LogP contribution in [0.3, 0.4) is 0 Å². The molecule has 0 aromatic heterocycles. The van der Waals surface area contributed by atoms with Gasteiger partial charge in [0.2, 0.25) is 0 Å². The zero-order valence-corrected chi connectivity index (χ0v) is 15.4. The molecule has 28 heavy (non-hydrogen) atoms. The van der Waals surface area contributed by atoms with Gasteiger partial charge in [0.25, 0.3) is 0 Å². The van der Waals surface area contributed by atoms with Crippen LogP contribution in [0.4, 0.5) is 0 Å². The Bertz CT molecular complexity index is 948. The minimum atomic E-state index is -1.04. The van der Waals surface area contributed by atoms with Crippen molar-refractivity contribution < 1.29 is 24.2 Å². The summed E-state index contributed by atoms with van der Waals surface area (Å²) in [6, 6.07) is 22.7. The molecular formula is C23H20O5. The summed E-state index contributed by atoms with van der Waals surface area (Å²) < 4.78 is 10.6. The molecule has 1 atom stereocenters. The Hall–Kier alpha value is -3.60. The molecule has 0 aliphatic rings. The molecule has 5 heteroatoms. The number of esters is 1. The number of hydrogen-bond acceptors (Lipinski definition) is 4.